The van der Waals surface area contributed by atoms with Crippen LogP contribution >= 0.6 is 11.3 Å². The maximum Gasteiger partial charge on any atom is 0.323 e. The molecule has 3 aromatic rings. The fourth-order valence-electron chi connectivity index (χ4n) is 4.40. The molecule has 14 heteroatoms. The lowest BCUT2D eigenvalue weighted by Gasteiger charge is -2.38. The highest BCUT2D eigenvalue weighted by Crippen LogP contribution is 2.35. The molecule has 0 unspecified atom stereocenters. The Morgan fingerprint density at radius 3 is 2.65 bits per heavy atom. The van der Waals surface area contributed by atoms with Crippen molar-refractivity contribution >= 4 is 44.7 Å². The van der Waals surface area contributed by atoms with Crippen LogP contribution in [-0.2, 0) is 10.0 Å². The molecule has 12 nitrogen and oxygen atoms in total. The summed E-state index contributed by atoms with van der Waals surface area (Å²) in [6.45, 7) is 6.89. The van der Waals surface area contributed by atoms with Crippen molar-refractivity contribution in [2.45, 2.75) is 44.0 Å². The first-order valence-electron chi connectivity index (χ1n) is 12.7. The molecule has 0 saturated heterocycles. The van der Waals surface area contributed by atoms with Crippen LogP contribution in [0.25, 0.3) is 0 Å². The molecule has 40 heavy (non-hydrogen) atoms. The number of ether oxygens (including phenoxy) is 1. The SMILES string of the molecule is Cc1noc(C)c1NC(=O)Nc1cccc2c1O[C@@H](CN(C)S(=O)(=O)c1cccs1)[C@H](C)CN([C@H](C)CO)C2=O. The predicted octanol–water partition coefficient (Wildman–Crippen LogP) is 3.54. The van der Waals surface area contributed by atoms with Crippen LogP contribution in [0.15, 0.2) is 44.4 Å². The number of carbonyl (C=O) groups is 2. The number of nitrogens with zero attached hydrogens (tertiary/aromatic N) is 3. The standard InChI is InChI=1S/C26H33N5O7S2/c1-15-12-31(16(2)14-32)25(33)19-8-6-9-20(27-26(34)28-23-17(3)29-38-18(23)4)24(19)37-21(15)13-30(5)40(35,36)22-10-7-11-39-22/h6-11,15-16,21,32H,12-14H2,1-5H3,(H2,27,28,34)/t15-,16-,21+/m1/s1. The van der Waals surface area contributed by atoms with Gasteiger partial charge in [-0.2, -0.15) is 4.31 Å². The molecule has 3 N–H and O–H groups in total. The zero-order valence-corrected chi connectivity index (χ0v) is 24.5. The van der Waals surface area contributed by atoms with E-state index in [1.807, 2.05) is 6.92 Å². The van der Waals surface area contributed by atoms with Crippen molar-refractivity contribution in [1.29, 1.82) is 0 Å². The van der Waals surface area contributed by atoms with Gasteiger partial charge in [0.1, 0.15) is 21.7 Å². The van der Waals surface area contributed by atoms with Crippen molar-refractivity contribution in [3.63, 3.8) is 0 Å². The predicted molar refractivity (Wildman–Crippen MR) is 150 cm³/mol. The van der Waals surface area contributed by atoms with E-state index in [1.165, 1.54) is 17.4 Å². The molecule has 0 radical (unpaired) electrons. The number of hydrogen-bond acceptors (Lipinski definition) is 9. The van der Waals surface area contributed by atoms with Gasteiger partial charge in [0.25, 0.3) is 15.9 Å². The number of thiophene rings is 1. The highest BCUT2D eigenvalue weighted by Gasteiger charge is 2.36. The second-order valence-corrected chi connectivity index (χ2v) is 13.0. The van der Waals surface area contributed by atoms with Crippen LogP contribution < -0.4 is 15.4 Å². The molecule has 0 saturated carbocycles. The topological polar surface area (TPSA) is 154 Å². The number of amides is 3. The van der Waals surface area contributed by atoms with E-state index in [0.717, 1.165) is 11.3 Å². The molecule has 0 aliphatic carbocycles. The number of para-hydroxylation sites is 1. The summed E-state index contributed by atoms with van der Waals surface area (Å²) in [5.74, 6) is -0.178. The summed E-state index contributed by atoms with van der Waals surface area (Å²) in [6.07, 6.45) is -0.700. The number of rotatable bonds is 8. The zero-order chi connectivity index (χ0) is 29.2. The van der Waals surface area contributed by atoms with Crippen LogP contribution in [0.5, 0.6) is 5.75 Å². The molecule has 4 rings (SSSR count). The van der Waals surface area contributed by atoms with Gasteiger partial charge in [-0.15, -0.1) is 11.3 Å². The third-order valence-electron chi connectivity index (χ3n) is 6.81. The molecule has 0 bridgehead atoms. The van der Waals surface area contributed by atoms with E-state index in [0.29, 0.717) is 17.1 Å². The Hall–Kier alpha value is -3.46. The lowest BCUT2D eigenvalue weighted by Crippen LogP contribution is -2.50. The smallest absolute Gasteiger partial charge is 0.323 e. The molecule has 1 aromatic carbocycles. The lowest BCUT2D eigenvalue weighted by molar-refractivity contribution is 0.0389. The number of aliphatic hydroxyl groups excluding tert-OH is 1. The lowest BCUT2D eigenvalue weighted by atomic mass is 9.99. The first kappa shape index (κ1) is 29.5. The average Bonchev–Trinajstić information content (AvgIpc) is 3.57. The quantitative estimate of drug-likeness (QED) is 0.359. The van der Waals surface area contributed by atoms with Gasteiger partial charge in [0.15, 0.2) is 11.5 Å². The first-order chi connectivity index (χ1) is 18.9. The molecule has 3 heterocycles. The molecule has 1 aliphatic heterocycles. The summed E-state index contributed by atoms with van der Waals surface area (Å²) < 4.78 is 39.3. The number of sulfonamides is 1. The van der Waals surface area contributed by atoms with E-state index in [2.05, 4.69) is 15.8 Å². The number of anilines is 2. The Labute approximate surface area is 237 Å². The number of aliphatic hydroxyl groups is 1. The second kappa shape index (κ2) is 12.0. The van der Waals surface area contributed by atoms with Gasteiger partial charge in [0.2, 0.25) is 0 Å². The van der Waals surface area contributed by atoms with Gasteiger partial charge < -0.3 is 29.9 Å². The highest BCUT2D eigenvalue weighted by molar-refractivity contribution is 7.91. The third-order valence-corrected chi connectivity index (χ3v) is 10.0. The minimum atomic E-state index is -3.77. The van der Waals surface area contributed by atoms with E-state index in [-0.39, 0.29) is 52.7 Å². The van der Waals surface area contributed by atoms with Crippen molar-refractivity contribution in [3.8, 4) is 5.75 Å². The van der Waals surface area contributed by atoms with Gasteiger partial charge in [0.05, 0.1) is 30.4 Å². The summed E-state index contributed by atoms with van der Waals surface area (Å²) >= 11 is 1.12. The van der Waals surface area contributed by atoms with Crippen molar-refractivity contribution in [2.75, 3.05) is 37.4 Å². The van der Waals surface area contributed by atoms with Crippen molar-refractivity contribution in [3.05, 3.63) is 52.7 Å². The number of carbonyl (C=O) groups excluding carboxylic acids is 2. The van der Waals surface area contributed by atoms with Gasteiger partial charge in [-0.25, -0.2) is 13.2 Å². The van der Waals surface area contributed by atoms with Gasteiger partial charge >= 0.3 is 6.03 Å². The van der Waals surface area contributed by atoms with E-state index >= 15 is 0 Å². The van der Waals surface area contributed by atoms with Crippen LogP contribution in [0.1, 0.15) is 35.7 Å². The number of aryl methyl sites for hydroxylation is 2. The van der Waals surface area contributed by atoms with Gasteiger partial charge in [-0.1, -0.05) is 24.2 Å². The summed E-state index contributed by atoms with van der Waals surface area (Å²) in [7, 11) is -2.29. The van der Waals surface area contributed by atoms with Gasteiger partial charge in [0, 0.05) is 19.5 Å². The fraction of sp³-hybridized carbons (Fsp3) is 0.423. The molecule has 0 fully saturated rings. The molecular weight excluding hydrogens is 558 g/mol. The van der Waals surface area contributed by atoms with Crippen molar-refractivity contribution in [2.24, 2.45) is 5.92 Å². The Morgan fingerprint density at radius 1 is 1.27 bits per heavy atom. The number of aromatic nitrogens is 1. The van der Waals surface area contributed by atoms with E-state index < -0.39 is 28.2 Å². The Morgan fingerprint density at radius 2 is 2.02 bits per heavy atom. The Bertz CT molecular complexity index is 1450. The number of fused-ring (bicyclic) bond motifs is 1. The maximum atomic E-state index is 13.6. The van der Waals surface area contributed by atoms with Crippen LogP contribution in [0, 0.1) is 19.8 Å². The molecule has 1 aliphatic rings. The Balaban J connectivity index is 1.70. The summed E-state index contributed by atoms with van der Waals surface area (Å²) in [5.41, 5.74) is 1.31. The number of benzene rings is 1. The number of likely N-dealkylation sites (N-methyl/N-ethyl adjacent to an activating group) is 1. The summed E-state index contributed by atoms with van der Waals surface area (Å²) in [6, 6.07) is 6.87. The fourth-order valence-corrected chi connectivity index (χ4v) is 6.79. The van der Waals surface area contributed by atoms with Crippen LogP contribution in [0.3, 0.4) is 0 Å². The number of hydrogen-bond donors (Lipinski definition) is 3. The minimum Gasteiger partial charge on any atom is -0.486 e. The van der Waals surface area contributed by atoms with Gasteiger partial charge in [-0.05, 0) is 44.4 Å². The largest absolute Gasteiger partial charge is 0.486 e. The van der Waals surface area contributed by atoms with Crippen LogP contribution in [0.4, 0.5) is 16.2 Å². The second-order valence-electron chi connectivity index (χ2n) is 9.80. The molecular formula is C26H33N5O7S2. The highest BCUT2D eigenvalue weighted by atomic mass is 32.2. The number of urea groups is 1. The summed E-state index contributed by atoms with van der Waals surface area (Å²) in [5, 5.41) is 20.8. The Kier molecular flexibility index (Phi) is 8.83. The van der Waals surface area contributed by atoms with E-state index in [1.54, 1.807) is 55.3 Å². The number of nitrogens with one attached hydrogen (secondary N) is 2. The monoisotopic (exact) mass is 591 g/mol. The van der Waals surface area contributed by atoms with Crippen LogP contribution in [0.2, 0.25) is 0 Å². The average molecular weight is 592 g/mol. The van der Waals surface area contributed by atoms with Crippen LogP contribution in [-0.4, -0.2) is 78.7 Å². The molecule has 216 valence electrons. The minimum absolute atomic E-state index is 0.0179. The molecule has 2 aromatic heterocycles. The molecule has 0 spiro atoms. The third kappa shape index (κ3) is 5.99. The molecule has 3 atom stereocenters. The first-order valence-corrected chi connectivity index (χ1v) is 15.0. The van der Waals surface area contributed by atoms with E-state index in [4.69, 9.17) is 9.26 Å². The van der Waals surface area contributed by atoms with Crippen molar-refractivity contribution in [1.82, 2.24) is 14.4 Å². The maximum absolute atomic E-state index is 13.6. The molecule has 3 amide bonds. The zero-order valence-electron chi connectivity index (χ0n) is 22.9. The van der Waals surface area contributed by atoms with Crippen molar-refractivity contribution < 1.29 is 32.4 Å². The normalized spacial score (nSPS) is 18.5. The van der Waals surface area contributed by atoms with E-state index in [9.17, 15) is 23.1 Å². The summed E-state index contributed by atoms with van der Waals surface area (Å²) in [4.78, 5) is 28.1. The van der Waals surface area contributed by atoms with Gasteiger partial charge in [-0.3, -0.25) is 4.79 Å².